The molecule has 7 heteroatoms. The third kappa shape index (κ3) is 5.49. The van der Waals surface area contributed by atoms with Crippen molar-refractivity contribution in [3.05, 3.63) is 60.4 Å². The average molecular weight is 445 g/mol. The first-order valence-electron chi connectivity index (χ1n) is 11.9. The molecule has 0 radical (unpaired) electrons. The zero-order valence-electron chi connectivity index (χ0n) is 19.2. The molecule has 0 aliphatic carbocycles. The summed E-state index contributed by atoms with van der Waals surface area (Å²) in [6, 6.07) is 15.0. The van der Waals surface area contributed by atoms with E-state index in [2.05, 4.69) is 56.8 Å². The summed E-state index contributed by atoms with van der Waals surface area (Å²) in [6.07, 6.45) is 8.03. The summed E-state index contributed by atoms with van der Waals surface area (Å²) < 4.78 is 5.51. The summed E-state index contributed by atoms with van der Waals surface area (Å²) in [5.41, 5.74) is 4.18. The van der Waals surface area contributed by atoms with Crippen LogP contribution < -0.4 is 10.6 Å². The van der Waals surface area contributed by atoms with Crippen molar-refractivity contribution in [3.63, 3.8) is 0 Å². The van der Waals surface area contributed by atoms with Gasteiger partial charge in [-0.05, 0) is 81.6 Å². The van der Waals surface area contributed by atoms with Crippen LogP contribution in [-0.2, 0) is 4.74 Å². The van der Waals surface area contributed by atoms with Crippen molar-refractivity contribution in [2.45, 2.75) is 37.6 Å². The van der Waals surface area contributed by atoms with Crippen molar-refractivity contribution >= 4 is 17.5 Å². The fraction of sp³-hybridized carbons (Fsp3) is 0.423. The van der Waals surface area contributed by atoms with E-state index < -0.39 is 0 Å². The topological polar surface area (TPSA) is 75.2 Å². The maximum atomic E-state index is 5.51. The molecule has 33 heavy (non-hydrogen) atoms. The minimum absolute atomic E-state index is 0.331. The molecule has 0 amide bonds. The van der Waals surface area contributed by atoms with Crippen molar-refractivity contribution in [1.82, 2.24) is 19.9 Å². The summed E-state index contributed by atoms with van der Waals surface area (Å²) in [4.78, 5) is 16.3. The Morgan fingerprint density at radius 2 is 1.73 bits per heavy atom. The van der Waals surface area contributed by atoms with Gasteiger partial charge >= 0.3 is 0 Å². The number of rotatable bonds is 6. The second-order valence-electron chi connectivity index (χ2n) is 9.03. The predicted molar refractivity (Wildman–Crippen MR) is 132 cm³/mol. The Morgan fingerprint density at radius 1 is 0.939 bits per heavy atom. The molecule has 0 bridgehead atoms. The van der Waals surface area contributed by atoms with Gasteiger partial charge in [0.2, 0.25) is 5.95 Å². The zero-order valence-corrected chi connectivity index (χ0v) is 19.2. The molecule has 2 saturated heterocycles. The standard InChI is InChI=1S/C26H32N6O/c1-32-14-9-20(10-15-32)19-5-7-21(8-6-19)30-26-28-18-23(24-4-2-3-13-27-24)25(31-26)29-22-11-16-33-17-12-22/h2-8,13,18,20,22H,9-12,14-17H2,1H3,(H2,28,29,30,31). The summed E-state index contributed by atoms with van der Waals surface area (Å²) in [5, 5.41) is 7.00. The van der Waals surface area contributed by atoms with E-state index in [1.54, 1.807) is 6.20 Å². The van der Waals surface area contributed by atoms with Gasteiger partial charge in [0.15, 0.2) is 0 Å². The number of ether oxygens (including phenoxy) is 1. The molecule has 0 atom stereocenters. The number of nitrogens with one attached hydrogen (secondary N) is 2. The first kappa shape index (κ1) is 21.8. The van der Waals surface area contributed by atoms with Crippen LogP contribution >= 0.6 is 0 Å². The second-order valence-corrected chi connectivity index (χ2v) is 9.03. The third-order valence-electron chi connectivity index (χ3n) is 6.65. The summed E-state index contributed by atoms with van der Waals surface area (Å²) >= 11 is 0. The first-order chi connectivity index (χ1) is 16.2. The first-order valence-corrected chi connectivity index (χ1v) is 11.9. The average Bonchev–Trinajstić information content (AvgIpc) is 2.86. The van der Waals surface area contributed by atoms with E-state index in [4.69, 9.17) is 9.72 Å². The minimum atomic E-state index is 0.331. The lowest BCUT2D eigenvalue weighted by Crippen LogP contribution is -2.29. The van der Waals surface area contributed by atoms with Crippen molar-refractivity contribution in [1.29, 1.82) is 0 Å². The molecule has 5 rings (SSSR count). The largest absolute Gasteiger partial charge is 0.381 e. The van der Waals surface area contributed by atoms with Crippen LogP contribution in [0.25, 0.3) is 11.3 Å². The van der Waals surface area contributed by atoms with E-state index in [1.165, 1.54) is 31.5 Å². The molecule has 2 aliphatic heterocycles. The lowest BCUT2D eigenvalue weighted by molar-refractivity contribution is 0.0904. The molecule has 7 nitrogen and oxygen atoms in total. The second kappa shape index (κ2) is 10.3. The van der Waals surface area contributed by atoms with Gasteiger partial charge in [0.05, 0.1) is 11.3 Å². The van der Waals surface area contributed by atoms with E-state index >= 15 is 0 Å². The van der Waals surface area contributed by atoms with E-state index in [9.17, 15) is 0 Å². The van der Waals surface area contributed by atoms with Crippen molar-refractivity contribution < 1.29 is 4.74 Å². The van der Waals surface area contributed by atoms with Crippen LogP contribution in [0.3, 0.4) is 0 Å². The van der Waals surface area contributed by atoms with Gasteiger partial charge in [-0.1, -0.05) is 18.2 Å². The maximum Gasteiger partial charge on any atom is 0.229 e. The Morgan fingerprint density at radius 3 is 2.45 bits per heavy atom. The number of aromatic nitrogens is 3. The fourth-order valence-corrected chi connectivity index (χ4v) is 4.61. The summed E-state index contributed by atoms with van der Waals surface area (Å²) in [6.45, 7) is 3.89. The Kier molecular flexibility index (Phi) is 6.79. The van der Waals surface area contributed by atoms with Gasteiger partial charge in [0.25, 0.3) is 0 Å². The smallest absolute Gasteiger partial charge is 0.229 e. The third-order valence-corrected chi connectivity index (χ3v) is 6.65. The molecule has 172 valence electrons. The number of benzene rings is 1. The Balaban J connectivity index is 1.34. The highest BCUT2D eigenvalue weighted by molar-refractivity contribution is 5.73. The van der Waals surface area contributed by atoms with E-state index in [0.717, 1.165) is 48.8 Å². The lowest BCUT2D eigenvalue weighted by Gasteiger charge is -2.29. The molecule has 2 N–H and O–H groups in total. The molecule has 2 fully saturated rings. The summed E-state index contributed by atoms with van der Waals surface area (Å²) in [7, 11) is 2.20. The highest BCUT2D eigenvalue weighted by atomic mass is 16.5. The van der Waals surface area contributed by atoms with Gasteiger partial charge in [-0.2, -0.15) is 4.98 Å². The SMILES string of the molecule is CN1CCC(c2ccc(Nc3ncc(-c4ccccn4)c(NC4CCOCC4)n3)cc2)CC1. The number of piperidine rings is 1. The van der Waals surface area contributed by atoms with Crippen molar-refractivity contribution in [2.24, 2.45) is 0 Å². The number of pyridine rings is 1. The van der Waals surface area contributed by atoms with Gasteiger partial charge < -0.3 is 20.3 Å². The molecule has 0 unspecified atom stereocenters. The van der Waals surface area contributed by atoms with Crippen LogP contribution in [0.4, 0.5) is 17.5 Å². The zero-order chi connectivity index (χ0) is 22.5. The fourth-order valence-electron chi connectivity index (χ4n) is 4.61. The Labute approximate surface area is 195 Å². The van der Waals surface area contributed by atoms with Crippen LogP contribution in [0.2, 0.25) is 0 Å². The van der Waals surface area contributed by atoms with Gasteiger partial charge in [-0.3, -0.25) is 4.98 Å². The quantitative estimate of drug-likeness (QED) is 0.572. The molecule has 3 aromatic rings. The molecule has 0 saturated carbocycles. The molecule has 2 aliphatic rings. The molecule has 4 heterocycles. The molecule has 0 spiro atoms. The van der Waals surface area contributed by atoms with Crippen LogP contribution in [0, 0.1) is 0 Å². The van der Waals surface area contributed by atoms with E-state index in [1.807, 2.05) is 24.4 Å². The predicted octanol–water partition coefficient (Wildman–Crippen LogP) is 4.68. The lowest BCUT2D eigenvalue weighted by atomic mass is 9.89. The normalized spacial score (nSPS) is 18.2. The molecule has 2 aromatic heterocycles. The number of nitrogens with zero attached hydrogens (tertiary/aromatic N) is 4. The Hall–Kier alpha value is -3.03. The van der Waals surface area contributed by atoms with Crippen molar-refractivity contribution in [3.8, 4) is 11.3 Å². The number of likely N-dealkylation sites (tertiary alicyclic amines) is 1. The minimum Gasteiger partial charge on any atom is -0.381 e. The van der Waals surface area contributed by atoms with Crippen LogP contribution in [0.15, 0.2) is 54.9 Å². The van der Waals surface area contributed by atoms with E-state index in [0.29, 0.717) is 17.9 Å². The van der Waals surface area contributed by atoms with Crippen molar-refractivity contribution in [2.75, 3.05) is 44.0 Å². The Bertz CT molecular complexity index is 1030. The van der Waals surface area contributed by atoms with Crippen LogP contribution in [-0.4, -0.2) is 59.2 Å². The number of hydrogen-bond donors (Lipinski definition) is 2. The van der Waals surface area contributed by atoms with Gasteiger partial charge in [-0.15, -0.1) is 0 Å². The maximum absolute atomic E-state index is 5.51. The number of anilines is 3. The van der Waals surface area contributed by atoms with E-state index in [-0.39, 0.29) is 0 Å². The van der Waals surface area contributed by atoms with Crippen LogP contribution in [0.1, 0.15) is 37.2 Å². The van der Waals surface area contributed by atoms with Gasteiger partial charge in [0.1, 0.15) is 5.82 Å². The molecule has 1 aromatic carbocycles. The molecular formula is C26H32N6O. The summed E-state index contributed by atoms with van der Waals surface area (Å²) in [5.74, 6) is 2.04. The highest BCUT2D eigenvalue weighted by Crippen LogP contribution is 2.30. The monoisotopic (exact) mass is 444 g/mol. The van der Waals surface area contributed by atoms with Crippen LogP contribution in [0.5, 0.6) is 0 Å². The number of hydrogen-bond acceptors (Lipinski definition) is 7. The van der Waals surface area contributed by atoms with Gasteiger partial charge in [-0.25, -0.2) is 4.98 Å². The molecular weight excluding hydrogens is 412 g/mol. The van der Waals surface area contributed by atoms with Gasteiger partial charge in [0, 0.05) is 37.3 Å². The highest BCUT2D eigenvalue weighted by Gasteiger charge is 2.19.